The largest absolute Gasteiger partial charge is 0.390 e. The summed E-state index contributed by atoms with van der Waals surface area (Å²) in [6.07, 6.45) is 2.30. The minimum absolute atomic E-state index is 0.0628. The van der Waals surface area contributed by atoms with Gasteiger partial charge in [-0.25, -0.2) is 10.4 Å². The molecular formula is C24H32N6O4. The molecule has 0 aromatic carbocycles. The number of amides is 2. The zero-order valence-electron chi connectivity index (χ0n) is 19.9. The second kappa shape index (κ2) is 11.1. The molecule has 2 amide bonds. The van der Waals surface area contributed by atoms with Crippen LogP contribution < -0.4 is 22.0 Å². The molecule has 0 fully saturated rings. The number of aryl methyl sites for hydroxylation is 2. The summed E-state index contributed by atoms with van der Waals surface area (Å²) in [5, 5.41) is 13.8. The van der Waals surface area contributed by atoms with Crippen LogP contribution in [0.25, 0.3) is 0 Å². The van der Waals surface area contributed by atoms with Crippen LogP contribution in [0.2, 0.25) is 0 Å². The van der Waals surface area contributed by atoms with Gasteiger partial charge in [0, 0.05) is 43.5 Å². The van der Waals surface area contributed by atoms with Crippen molar-refractivity contribution in [2.45, 2.75) is 59.9 Å². The summed E-state index contributed by atoms with van der Waals surface area (Å²) < 4.78 is 1.61. The molecule has 2 aromatic heterocycles. The Hall–Kier alpha value is -3.50. The van der Waals surface area contributed by atoms with E-state index in [1.54, 1.807) is 29.0 Å². The van der Waals surface area contributed by atoms with Crippen molar-refractivity contribution in [1.29, 1.82) is 0 Å². The lowest BCUT2D eigenvalue weighted by Gasteiger charge is -2.30. The topological polar surface area (TPSA) is 143 Å². The minimum Gasteiger partial charge on any atom is -0.390 e. The highest BCUT2D eigenvalue weighted by Gasteiger charge is 2.27. The molecule has 34 heavy (non-hydrogen) atoms. The maximum Gasteiger partial charge on any atom is 0.264 e. The number of aliphatic hydroxyl groups is 1. The smallest absolute Gasteiger partial charge is 0.264 e. The van der Waals surface area contributed by atoms with E-state index in [0.717, 1.165) is 11.1 Å². The molecule has 0 spiro atoms. The number of hydrogen-bond acceptors (Lipinski definition) is 7. The van der Waals surface area contributed by atoms with Crippen LogP contribution in [0, 0.1) is 6.92 Å². The lowest BCUT2D eigenvalue weighted by Crippen LogP contribution is -2.47. The zero-order valence-corrected chi connectivity index (χ0v) is 19.9. The molecule has 0 saturated carbocycles. The second-order valence-electron chi connectivity index (χ2n) is 8.33. The molecule has 3 heterocycles. The van der Waals surface area contributed by atoms with Crippen LogP contribution >= 0.6 is 0 Å². The van der Waals surface area contributed by atoms with E-state index in [1.807, 2.05) is 20.8 Å². The lowest BCUT2D eigenvalue weighted by molar-refractivity contribution is -0.132. The average Bonchev–Trinajstić information content (AvgIpc) is 2.81. The van der Waals surface area contributed by atoms with Gasteiger partial charge in [-0.3, -0.25) is 19.4 Å². The third-order valence-corrected chi connectivity index (χ3v) is 6.03. The number of nitrogens with zero attached hydrogens (tertiary/aromatic N) is 3. The molecule has 5 N–H and O–H groups in total. The number of nitrogens with two attached hydrogens (primary N) is 1. The van der Waals surface area contributed by atoms with Gasteiger partial charge in [0.2, 0.25) is 5.91 Å². The number of aliphatic hydroxyl groups excluding tert-OH is 1. The van der Waals surface area contributed by atoms with Crippen molar-refractivity contribution in [1.82, 2.24) is 25.3 Å². The quantitative estimate of drug-likeness (QED) is 0.428. The number of anilines is 1. The predicted molar refractivity (Wildman–Crippen MR) is 128 cm³/mol. The van der Waals surface area contributed by atoms with Crippen molar-refractivity contribution < 1.29 is 14.7 Å². The Morgan fingerprint density at radius 1 is 1.26 bits per heavy atom. The molecule has 10 heteroatoms. The van der Waals surface area contributed by atoms with Crippen LogP contribution in [-0.4, -0.2) is 38.0 Å². The molecule has 0 saturated heterocycles. The second-order valence-corrected chi connectivity index (χ2v) is 8.33. The highest BCUT2D eigenvalue weighted by Crippen LogP contribution is 2.21. The van der Waals surface area contributed by atoms with Gasteiger partial charge < -0.3 is 20.7 Å². The van der Waals surface area contributed by atoms with Crippen molar-refractivity contribution in [2.75, 3.05) is 12.3 Å². The third kappa shape index (κ3) is 5.70. The molecule has 0 aliphatic carbocycles. The van der Waals surface area contributed by atoms with Crippen molar-refractivity contribution in [3.63, 3.8) is 0 Å². The normalized spacial score (nSPS) is 14.0. The van der Waals surface area contributed by atoms with Gasteiger partial charge in [0.1, 0.15) is 5.82 Å². The Balaban J connectivity index is 1.63. The molecule has 1 aliphatic heterocycles. The van der Waals surface area contributed by atoms with Crippen LogP contribution in [-0.2, 0) is 35.8 Å². The number of pyridine rings is 2. The first-order valence-corrected chi connectivity index (χ1v) is 11.3. The van der Waals surface area contributed by atoms with E-state index in [1.165, 1.54) is 5.01 Å². The van der Waals surface area contributed by atoms with Gasteiger partial charge in [-0.1, -0.05) is 11.6 Å². The Bertz CT molecular complexity index is 1170. The predicted octanol–water partition coefficient (Wildman–Crippen LogP) is 0.906. The van der Waals surface area contributed by atoms with Gasteiger partial charge in [0.15, 0.2) is 0 Å². The minimum atomic E-state index is -0.307. The van der Waals surface area contributed by atoms with Crippen molar-refractivity contribution in [3.8, 4) is 0 Å². The SMILES string of the molecule is CCn1cccc(CNN2CCC(C)=C(CC(=O)NCc3c(C)cc(N)nc3CO)C2=O)c1=O. The van der Waals surface area contributed by atoms with E-state index in [4.69, 9.17) is 5.73 Å². The molecule has 2 aromatic rings. The number of hydrogen-bond donors (Lipinski definition) is 4. The molecule has 3 rings (SSSR count). The fraction of sp³-hybridized carbons (Fsp3) is 0.417. The number of hydrazine groups is 1. The van der Waals surface area contributed by atoms with Crippen molar-refractivity contribution in [3.05, 3.63) is 68.3 Å². The van der Waals surface area contributed by atoms with E-state index in [2.05, 4.69) is 15.7 Å². The molecule has 0 atom stereocenters. The highest BCUT2D eigenvalue weighted by atomic mass is 16.3. The maximum absolute atomic E-state index is 13.1. The molecule has 10 nitrogen and oxygen atoms in total. The van der Waals surface area contributed by atoms with Crippen molar-refractivity contribution in [2.24, 2.45) is 0 Å². The van der Waals surface area contributed by atoms with Crippen molar-refractivity contribution >= 4 is 17.6 Å². The van der Waals surface area contributed by atoms with E-state index in [0.29, 0.717) is 47.7 Å². The highest BCUT2D eigenvalue weighted by molar-refractivity contribution is 5.99. The zero-order chi connectivity index (χ0) is 24.8. The fourth-order valence-electron chi connectivity index (χ4n) is 3.98. The number of nitrogens with one attached hydrogen (secondary N) is 2. The maximum atomic E-state index is 13.1. The summed E-state index contributed by atoms with van der Waals surface area (Å²) in [6.45, 7) is 6.72. The summed E-state index contributed by atoms with van der Waals surface area (Å²) in [4.78, 5) is 42.3. The summed E-state index contributed by atoms with van der Waals surface area (Å²) >= 11 is 0. The number of rotatable bonds is 9. The van der Waals surface area contributed by atoms with E-state index in [-0.39, 0.29) is 43.5 Å². The number of carbonyl (C=O) groups excluding carboxylic acids is 2. The summed E-state index contributed by atoms with van der Waals surface area (Å²) in [5.74, 6) is -0.271. The molecular weight excluding hydrogens is 436 g/mol. The van der Waals surface area contributed by atoms with Gasteiger partial charge in [0.25, 0.3) is 11.5 Å². The van der Waals surface area contributed by atoms with Crippen LogP contribution in [0.1, 0.15) is 49.1 Å². The van der Waals surface area contributed by atoms with Crippen LogP contribution in [0.3, 0.4) is 0 Å². The van der Waals surface area contributed by atoms with Gasteiger partial charge in [-0.05, 0) is 50.5 Å². The lowest BCUT2D eigenvalue weighted by atomic mass is 9.98. The summed E-state index contributed by atoms with van der Waals surface area (Å²) in [7, 11) is 0. The third-order valence-electron chi connectivity index (χ3n) is 6.03. The monoisotopic (exact) mass is 468 g/mol. The molecule has 1 aliphatic rings. The van der Waals surface area contributed by atoms with E-state index < -0.39 is 0 Å². The number of carbonyl (C=O) groups is 2. The fourth-order valence-corrected chi connectivity index (χ4v) is 3.98. The van der Waals surface area contributed by atoms with Crippen LogP contribution in [0.4, 0.5) is 5.82 Å². The Morgan fingerprint density at radius 3 is 2.74 bits per heavy atom. The Morgan fingerprint density at radius 2 is 2.03 bits per heavy atom. The standard InChI is InChI=1S/C24H32N6O4/c1-4-29-8-5-6-17(23(29)33)12-27-30-9-7-15(2)18(24(30)34)11-22(32)26-13-19-16(3)10-21(25)28-20(19)14-31/h5-6,8,10,27,31H,4,7,9,11-14H2,1-3H3,(H2,25,28)(H,26,32). The summed E-state index contributed by atoms with van der Waals surface area (Å²) in [6, 6.07) is 5.23. The number of aromatic nitrogens is 2. The van der Waals surface area contributed by atoms with Gasteiger partial charge in [-0.15, -0.1) is 0 Å². The Labute approximate surface area is 198 Å². The first-order valence-electron chi connectivity index (χ1n) is 11.3. The molecule has 0 unspecified atom stereocenters. The van der Waals surface area contributed by atoms with Gasteiger partial charge >= 0.3 is 0 Å². The average molecular weight is 469 g/mol. The Kier molecular flexibility index (Phi) is 8.19. The van der Waals surface area contributed by atoms with Gasteiger partial charge in [-0.2, -0.15) is 0 Å². The van der Waals surface area contributed by atoms with E-state index >= 15 is 0 Å². The number of nitrogen functional groups attached to an aromatic ring is 1. The molecule has 0 bridgehead atoms. The van der Waals surface area contributed by atoms with Gasteiger partial charge in [0.05, 0.1) is 18.7 Å². The van der Waals surface area contributed by atoms with Crippen LogP contribution in [0.5, 0.6) is 0 Å². The first-order chi connectivity index (χ1) is 16.2. The summed E-state index contributed by atoms with van der Waals surface area (Å²) in [5.41, 5.74) is 12.5. The molecule has 182 valence electrons. The van der Waals surface area contributed by atoms with Crippen LogP contribution in [0.15, 0.2) is 40.3 Å². The molecule has 0 radical (unpaired) electrons. The first kappa shape index (κ1) is 25.1. The van der Waals surface area contributed by atoms with E-state index in [9.17, 15) is 19.5 Å².